The maximum absolute atomic E-state index is 12.0. The Morgan fingerprint density at radius 2 is 1.15 bits per heavy atom. The maximum Gasteiger partial charge on any atom is 1.00 e. The topological polar surface area (TPSA) is 183 Å². The first-order valence-corrected chi connectivity index (χ1v) is 20.9. The smallest absolute Gasteiger partial charge is 0.778 e. The van der Waals surface area contributed by atoms with Crippen LogP contribution in [0.15, 0.2) is 83.0 Å². The van der Waals surface area contributed by atoms with Gasteiger partial charge in [-0.2, -0.15) is 0 Å². The van der Waals surface area contributed by atoms with Gasteiger partial charge in [0.05, 0.1) is 45.7 Å². The van der Waals surface area contributed by atoms with E-state index < -0.39 is 41.4 Å². The zero-order valence-corrected chi connectivity index (χ0v) is 36.2. The van der Waals surface area contributed by atoms with Crippen LogP contribution in [0.3, 0.4) is 0 Å². The van der Waals surface area contributed by atoms with E-state index in [9.17, 15) is 23.8 Å². The molecule has 0 aromatic heterocycles. The van der Waals surface area contributed by atoms with Gasteiger partial charge in [0.25, 0.3) is 0 Å². The summed E-state index contributed by atoms with van der Waals surface area (Å²) in [6.45, 7) is 0. The van der Waals surface area contributed by atoms with Gasteiger partial charge in [-0.25, -0.2) is 0 Å². The summed E-state index contributed by atoms with van der Waals surface area (Å²) in [5.74, 6) is -0.0893. The molecule has 0 aliphatic heterocycles. The fourth-order valence-electron chi connectivity index (χ4n) is 3.74. The first-order chi connectivity index (χ1) is 21.6. The number of nitrogens with zero attached hydrogens (tertiary/aromatic N) is 5. The average Bonchev–Trinajstić information content (AvgIpc) is 2.98. The predicted molar refractivity (Wildman–Crippen MR) is 181 cm³/mol. The molecule has 48 heavy (non-hydrogen) atoms. The average molecular weight is 792 g/mol. The Kier molecular flexibility index (Phi) is 19.8. The van der Waals surface area contributed by atoms with Crippen molar-refractivity contribution in [3.63, 3.8) is 0 Å². The molecule has 0 amide bonds. The third-order valence-corrected chi connectivity index (χ3v) is 11.8. The first kappa shape index (κ1) is 45.3. The molecule has 0 spiro atoms. The van der Waals surface area contributed by atoms with E-state index in [1.54, 1.807) is 62.7 Å². The van der Waals surface area contributed by atoms with Gasteiger partial charge in [0, 0.05) is 0 Å². The Bertz CT molecular complexity index is 1670. The fourth-order valence-corrected chi connectivity index (χ4v) is 7.61. The molecule has 0 heterocycles. The Hall–Kier alpha value is -0.700. The summed E-state index contributed by atoms with van der Waals surface area (Å²) in [5.41, 5.74) is 1.71. The summed E-state index contributed by atoms with van der Waals surface area (Å²) >= 11 is 10.9. The molecule has 0 saturated carbocycles. The standard InChI is InChI=1S/C26H31N5O9P4S2.2Na/c1-29(19-43(32,33)34)26(44(35,36)37)22-9-15-25(16-10-22)40-42(46)31(3)28-18-21-7-13-24(14-8-21)39-41(45)30(2)27-17-20-5-11-23(38-4)12-6-20;;/h5-18,26H,19H2,1-4H3,(H2-2,32,33,34,35,36,37);;/q;2*+1/b27-17+,28-18+;;. The van der Waals surface area contributed by atoms with Crippen molar-refractivity contribution >= 4 is 65.4 Å². The molecule has 0 aliphatic rings. The van der Waals surface area contributed by atoms with Crippen LogP contribution in [0.1, 0.15) is 22.5 Å². The van der Waals surface area contributed by atoms with E-state index in [4.69, 9.17) is 42.3 Å². The quantitative estimate of drug-likeness (QED) is 0.0698. The van der Waals surface area contributed by atoms with Crippen molar-refractivity contribution in [2.45, 2.75) is 5.78 Å². The molecule has 3 rings (SSSR count). The molecule has 5 unspecified atom stereocenters. The van der Waals surface area contributed by atoms with Crippen molar-refractivity contribution in [2.24, 2.45) is 10.2 Å². The molecule has 2 N–H and O–H groups in total. The van der Waals surface area contributed by atoms with E-state index in [0.717, 1.165) is 28.8 Å². The van der Waals surface area contributed by atoms with Crippen LogP contribution >= 0.6 is 29.3 Å². The molecule has 246 valence electrons. The van der Waals surface area contributed by atoms with E-state index in [2.05, 4.69) is 10.2 Å². The van der Waals surface area contributed by atoms with Gasteiger partial charge in [-0.1, -0.05) is 21.7 Å². The summed E-state index contributed by atoms with van der Waals surface area (Å²) in [7, 11) is -6.91. The second kappa shape index (κ2) is 21.0. The third kappa shape index (κ3) is 15.3. The van der Waals surface area contributed by atoms with E-state index in [1.165, 1.54) is 29.0 Å². The van der Waals surface area contributed by atoms with Crippen molar-refractivity contribution in [3.8, 4) is 17.2 Å². The van der Waals surface area contributed by atoms with Crippen LogP contribution in [0.2, 0.25) is 0 Å². The van der Waals surface area contributed by atoms with Crippen LogP contribution in [-0.2, 0) is 32.7 Å². The molecule has 22 heteroatoms. The third-order valence-electron chi connectivity index (χ3n) is 5.89. The predicted octanol–water partition coefficient (Wildman–Crippen LogP) is -2.08. The van der Waals surface area contributed by atoms with E-state index >= 15 is 0 Å². The molecule has 0 radical (unpaired) electrons. The molecule has 3 aromatic carbocycles. The van der Waals surface area contributed by atoms with Crippen LogP contribution in [-0.4, -0.2) is 71.2 Å². The van der Waals surface area contributed by atoms with Gasteiger partial charge in [0.1, 0.15) is 13.3 Å². The molecule has 0 fully saturated rings. The summed E-state index contributed by atoms with van der Waals surface area (Å²) < 4.78 is 43.0. The molecule has 5 atom stereocenters. The molecule has 0 saturated heterocycles. The molecule has 14 nitrogen and oxygen atoms in total. The van der Waals surface area contributed by atoms with Crippen molar-refractivity contribution in [2.75, 3.05) is 34.5 Å². The molecule has 0 bridgehead atoms. The van der Waals surface area contributed by atoms with Crippen LogP contribution < -0.4 is 82.7 Å². The summed E-state index contributed by atoms with van der Waals surface area (Å²) in [5, 5.41) is 8.68. The van der Waals surface area contributed by atoms with Crippen molar-refractivity contribution in [3.05, 3.63) is 89.5 Å². The number of hydrazone groups is 2. The SMILES string of the molecule is COc1ccc(/C=N/N(C)[P+](=S)Oc2ccc(/C=N/N(C)[P+](=S)Oc3ccc(C(N(C)CP(=O)([O-])O)P(=O)([O-])O)cc3)cc2)cc1.[Na+].[Na+]. The zero-order valence-electron chi connectivity index (χ0n) is 27.0. The minimum absolute atomic E-state index is 0. The fraction of sp³-hybridized carbons (Fsp3) is 0.231. The number of benzene rings is 3. The van der Waals surface area contributed by atoms with E-state index in [0.29, 0.717) is 11.5 Å². The Balaban J connectivity index is 0.00000576. The summed E-state index contributed by atoms with van der Waals surface area (Å²) in [6.07, 6.45) is 2.29. The maximum atomic E-state index is 12.0. The molecule has 3 aromatic rings. The minimum atomic E-state index is -5.07. The van der Waals surface area contributed by atoms with E-state index in [-0.39, 0.29) is 64.7 Å². The second-order valence-corrected chi connectivity index (χ2v) is 17.0. The van der Waals surface area contributed by atoms with Gasteiger partial charge in [-0.15, -0.1) is 10.2 Å². The van der Waals surface area contributed by atoms with Crippen LogP contribution in [0.5, 0.6) is 17.2 Å². The van der Waals surface area contributed by atoms with Crippen LogP contribution in [0, 0.1) is 0 Å². The number of rotatable bonds is 16. The number of methoxy groups -OCH3 is 1. The van der Waals surface area contributed by atoms with Gasteiger partial charge >= 0.3 is 73.3 Å². The van der Waals surface area contributed by atoms with Crippen molar-refractivity contribution in [1.82, 2.24) is 14.5 Å². The van der Waals surface area contributed by atoms with Crippen molar-refractivity contribution < 1.29 is 102 Å². The van der Waals surface area contributed by atoms with Gasteiger partial charge in [-0.05, 0) is 84.4 Å². The number of hydrogen-bond acceptors (Lipinski definition) is 12. The van der Waals surface area contributed by atoms with Gasteiger partial charge in [0.15, 0.2) is 19.1 Å². The monoisotopic (exact) mass is 791 g/mol. The minimum Gasteiger partial charge on any atom is -0.778 e. The first-order valence-electron chi connectivity index (χ1n) is 13.0. The summed E-state index contributed by atoms with van der Waals surface area (Å²) in [6, 6.07) is 20.1. The second-order valence-electron chi connectivity index (χ2n) is 9.51. The zero-order chi connectivity index (χ0) is 34.1. The van der Waals surface area contributed by atoms with E-state index in [1.807, 2.05) is 24.3 Å². The number of hydrogen-bond donors (Lipinski definition) is 2. The normalized spacial score (nSPS) is 14.9. The largest absolute Gasteiger partial charge is 1.00 e. The summed E-state index contributed by atoms with van der Waals surface area (Å²) in [4.78, 5) is 42.8. The van der Waals surface area contributed by atoms with Gasteiger partial charge in [0.2, 0.25) is 23.6 Å². The van der Waals surface area contributed by atoms with Gasteiger partial charge in [-0.3, -0.25) is 13.9 Å². The van der Waals surface area contributed by atoms with Crippen LogP contribution in [0.25, 0.3) is 0 Å². The molecule has 0 aliphatic carbocycles. The van der Waals surface area contributed by atoms with Gasteiger partial charge < -0.3 is 33.4 Å². The van der Waals surface area contributed by atoms with Crippen LogP contribution in [0.4, 0.5) is 0 Å². The molecular weight excluding hydrogens is 760 g/mol. The number of ether oxygens (including phenoxy) is 1. The Labute approximate surface area is 335 Å². The van der Waals surface area contributed by atoms with Crippen molar-refractivity contribution in [1.29, 1.82) is 0 Å². The Morgan fingerprint density at radius 3 is 1.50 bits per heavy atom. The Morgan fingerprint density at radius 1 is 0.771 bits per heavy atom. The molecular formula is C26H31N5Na2O9P4S2+2.